The Morgan fingerprint density at radius 3 is 1.64 bits per heavy atom. The van der Waals surface area contributed by atoms with Crippen molar-refractivity contribution in [1.82, 2.24) is 0 Å². The van der Waals surface area contributed by atoms with Crippen LogP contribution in [0.1, 0.15) is 110 Å². The van der Waals surface area contributed by atoms with Crippen LogP contribution in [0.5, 0.6) is 0 Å². The quantitative estimate of drug-likeness (QED) is 0.188. The van der Waals surface area contributed by atoms with Gasteiger partial charge in [-0.1, -0.05) is 110 Å². The first-order chi connectivity index (χ1) is 10.8. The van der Waals surface area contributed by atoms with Gasteiger partial charge in [-0.25, -0.2) is 0 Å². The molecule has 0 rings (SSSR count). The molecule has 0 nitrogen and oxygen atoms in total. The van der Waals surface area contributed by atoms with Crippen LogP contribution < -0.4 is 0 Å². The number of rotatable bonds is 17. The van der Waals surface area contributed by atoms with Gasteiger partial charge in [-0.2, -0.15) is 0 Å². The average Bonchev–Trinajstić information content (AvgIpc) is 2.53. The molecular weight excluding hydrogens is 264 g/mol. The van der Waals surface area contributed by atoms with Crippen LogP contribution in [0.25, 0.3) is 0 Å². The van der Waals surface area contributed by atoms with Crippen LogP contribution >= 0.6 is 0 Å². The van der Waals surface area contributed by atoms with Crippen molar-refractivity contribution in [3.05, 3.63) is 26.0 Å². The highest BCUT2D eigenvalue weighted by Crippen LogP contribution is 2.16. The van der Waals surface area contributed by atoms with E-state index < -0.39 is 0 Å². The molecular formula is C22H42. The molecule has 0 aliphatic heterocycles. The molecule has 0 aromatic rings. The molecule has 0 aliphatic rings. The largest absolute Gasteiger partial charge is 0.0885 e. The number of unbranched alkanes of at least 4 members (excludes halogenated alkanes) is 11. The van der Waals surface area contributed by atoms with E-state index in [1.807, 2.05) is 0 Å². The minimum absolute atomic E-state index is 0.902. The van der Waals surface area contributed by atoms with Gasteiger partial charge in [0.05, 0.1) is 0 Å². The highest BCUT2D eigenvalue weighted by molar-refractivity contribution is 4.81. The van der Waals surface area contributed by atoms with Crippen LogP contribution in [0, 0.1) is 19.8 Å². The molecule has 0 N–H and O–H groups in total. The molecule has 1 unspecified atom stereocenters. The first-order valence-corrected chi connectivity index (χ1v) is 10.0. The van der Waals surface area contributed by atoms with Gasteiger partial charge in [0.2, 0.25) is 0 Å². The molecule has 0 bridgehead atoms. The molecule has 0 heteroatoms. The maximum absolute atomic E-state index is 3.92. The van der Waals surface area contributed by atoms with Crippen molar-refractivity contribution in [3.63, 3.8) is 0 Å². The molecule has 0 spiro atoms. The van der Waals surface area contributed by atoms with Crippen molar-refractivity contribution in [2.45, 2.75) is 110 Å². The molecule has 0 aliphatic carbocycles. The summed E-state index contributed by atoms with van der Waals surface area (Å²) in [6.45, 7) is 10.2. The topological polar surface area (TPSA) is 0 Å². The van der Waals surface area contributed by atoms with Crippen LogP contribution in [-0.2, 0) is 0 Å². The Labute approximate surface area is 142 Å². The summed E-state index contributed by atoms with van der Waals surface area (Å²) in [4.78, 5) is 0. The van der Waals surface area contributed by atoms with Gasteiger partial charge in [-0.05, 0) is 31.6 Å². The molecule has 0 saturated carbocycles. The van der Waals surface area contributed by atoms with Gasteiger partial charge in [0.15, 0.2) is 0 Å². The summed E-state index contributed by atoms with van der Waals surface area (Å²) in [7, 11) is 0. The van der Waals surface area contributed by atoms with Crippen LogP contribution in [0.4, 0.5) is 0 Å². The van der Waals surface area contributed by atoms with Crippen molar-refractivity contribution in [2.24, 2.45) is 5.92 Å². The molecule has 130 valence electrons. The molecule has 2 radical (unpaired) electrons. The van der Waals surface area contributed by atoms with Gasteiger partial charge in [0, 0.05) is 0 Å². The van der Waals surface area contributed by atoms with E-state index >= 15 is 0 Å². The molecule has 0 fully saturated rings. The van der Waals surface area contributed by atoms with Gasteiger partial charge in [-0.15, -0.1) is 0 Å². The van der Waals surface area contributed by atoms with Crippen molar-refractivity contribution < 1.29 is 0 Å². The third-order valence-corrected chi connectivity index (χ3v) is 4.55. The van der Waals surface area contributed by atoms with Gasteiger partial charge >= 0.3 is 0 Å². The maximum Gasteiger partial charge on any atom is -0.0351 e. The van der Waals surface area contributed by atoms with Crippen LogP contribution in [0.15, 0.2) is 12.2 Å². The molecule has 0 aromatic heterocycles. The summed E-state index contributed by atoms with van der Waals surface area (Å²) in [5.41, 5.74) is 0. The third-order valence-electron chi connectivity index (χ3n) is 4.55. The fraction of sp³-hybridized carbons (Fsp3) is 0.818. The lowest BCUT2D eigenvalue weighted by atomic mass is 9.97. The zero-order valence-electron chi connectivity index (χ0n) is 15.5. The Kier molecular flexibility index (Phi) is 18.6. The van der Waals surface area contributed by atoms with Crippen molar-refractivity contribution >= 4 is 0 Å². The van der Waals surface area contributed by atoms with Gasteiger partial charge < -0.3 is 0 Å². The SMILES string of the molecule is [CH2]CCCCCCCCCC=CCCCCC(C)CCC[CH2]. The Bertz CT molecular complexity index is 216. The highest BCUT2D eigenvalue weighted by atomic mass is 14.1. The second-order valence-corrected chi connectivity index (χ2v) is 6.97. The molecule has 0 aromatic carbocycles. The number of hydrogen-bond donors (Lipinski definition) is 0. The Hall–Kier alpha value is -0.260. The van der Waals surface area contributed by atoms with Gasteiger partial charge in [0.25, 0.3) is 0 Å². The summed E-state index contributed by atoms with van der Waals surface area (Å²) in [5.74, 6) is 0.902. The molecule has 0 saturated heterocycles. The van der Waals surface area contributed by atoms with Gasteiger partial charge in [-0.3, -0.25) is 0 Å². The summed E-state index contributed by atoms with van der Waals surface area (Å²) in [5, 5.41) is 0. The zero-order valence-corrected chi connectivity index (χ0v) is 15.5. The predicted molar refractivity (Wildman–Crippen MR) is 103 cm³/mol. The fourth-order valence-corrected chi connectivity index (χ4v) is 2.95. The van der Waals surface area contributed by atoms with Crippen LogP contribution in [0.3, 0.4) is 0 Å². The van der Waals surface area contributed by atoms with E-state index in [2.05, 4.69) is 32.9 Å². The lowest BCUT2D eigenvalue weighted by molar-refractivity contribution is 0.454. The minimum atomic E-state index is 0.902. The summed E-state index contributed by atoms with van der Waals surface area (Å²) >= 11 is 0. The smallest absolute Gasteiger partial charge is 0.0351 e. The first kappa shape index (κ1) is 21.7. The van der Waals surface area contributed by atoms with Crippen molar-refractivity contribution in [1.29, 1.82) is 0 Å². The van der Waals surface area contributed by atoms with E-state index in [0.29, 0.717) is 0 Å². The van der Waals surface area contributed by atoms with Crippen LogP contribution in [-0.4, -0.2) is 0 Å². The second kappa shape index (κ2) is 18.8. The van der Waals surface area contributed by atoms with E-state index in [9.17, 15) is 0 Å². The normalized spacial score (nSPS) is 13.0. The Morgan fingerprint density at radius 1 is 0.591 bits per heavy atom. The number of hydrogen-bond acceptors (Lipinski definition) is 0. The number of allylic oxidation sites excluding steroid dienone is 2. The van der Waals surface area contributed by atoms with Gasteiger partial charge in [0.1, 0.15) is 0 Å². The summed E-state index contributed by atoms with van der Waals surface area (Å²) in [6.07, 6.45) is 26.2. The summed E-state index contributed by atoms with van der Waals surface area (Å²) < 4.78 is 0. The second-order valence-electron chi connectivity index (χ2n) is 6.97. The Morgan fingerprint density at radius 2 is 1.05 bits per heavy atom. The lowest BCUT2D eigenvalue weighted by Crippen LogP contribution is -1.94. The van der Waals surface area contributed by atoms with E-state index in [1.165, 1.54) is 89.9 Å². The average molecular weight is 307 g/mol. The van der Waals surface area contributed by atoms with E-state index in [-0.39, 0.29) is 0 Å². The standard InChI is InChI=1S/C22H42/c1-4-6-8-9-10-11-12-13-14-15-16-17-18-19-21-22(3)20-7-5-2/h15-16,22H,1-2,4-14,17-21H2,3H3. The highest BCUT2D eigenvalue weighted by Gasteiger charge is 2.00. The van der Waals surface area contributed by atoms with Crippen molar-refractivity contribution in [3.8, 4) is 0 Å². The maximum atomic E-state index is 3.92. The van der Waals surface area contributed by atoms with E-state index in [1.54, 1.807) is 0 Å². The predicted octanol–water partition coefficient (Wildman–Crippen LogP) is 8.09. The van der Waals surface area contributed by atoms with Crippen LogP contribution in [0.2, 0.25) is 0 Å². The summed E-state index contributed by atoms with van der Waals surface area (Å²) in [6, 6.07) is 0. The molecule has 22 heavy (non-hydrogen) atoms. The molecule has 0 amide bonds. The molecule has 0 heterocycles. The monoisotopic (exact) mass is 306 g/mol. The van der Waals surface area contributed by atoms with E-state index in [4.69, 9.17) is 0 Å². The third kappa shape index (κ3) is 17.8. The minimum Gasteiger partial charge on any atom is -0.0885 e. The van der Waals surface area contributed by atoms with Crippen molar-refractivity contribution in [2.75, 3.05) is 0 Å². The Balaban J connectivity index is 3.14. The van der Waals surface area contributed by atoms with E-state index in [0.717, 1.165) is 18.8 Å². The zero-order chi connectivity index (χ0) is 16.3. The first-order valence-electron chi connectivity index (χ1n) is 10.0. The fourth-order valence-electron chi connectivity index (χ4n) is 2.95. The molecule has 1 atom stereocenters. The lowest BCUT2D eigenvalue weighted by Gasteiger charge is -2.09.